The Balaban J connectivity index is 2.75. The van der Waals surface area contributed by atoms with Crippen LogP contribution in [0.3, 0.4) is 0 Å². The topological polar surface area (TPSA) is 12.0 Å². The quantitative estimate of drug-likeness (QED) is 0.730. The van der Waals surface area contributed by atoms with E-state index >= 15 is 0 Å². The highest BCUT2D eigenvalue weighted by Crippen LogP contribution is 2.24. The molecule has 0 bridgehead atoms. The van der Waals surface area contributed by atoms with E-state index in [9.17, 15) is 0 Å². The zero-order valence-corrected chi connectivity index (χ0v) is 12.0. The molecule has 0 saturated heterocycles. The van der Waals surface area contributed by atoms with Crippen LogP contribution >= 0.6 is 11.6 Å². The van der Waals surface area contributed by atoms with Gasteiger partial charge in [-0.1, -0.05) is 50.4 Å². The third-order valence-electron chi connectivity index (χ3n) is 3.07. The van der Waals surface area contributed by atoms with Gasteiger partial charge in [-0.2, -0.15) is 0 Å². The van der Waals surface area contributed by atoms with Gasteiger partial charge in [0.05, 0.1) is 0 Å². The van der Waals surface area contributed by atoms with Gasteiger partial charge in [0.15, 0.2) is 0 Å². The average molecular weight is 254 g/mol. The van der Waals surface area contributed by atoms with E-state index in [0.717, 1.165) is 11.6 Å². The highest BCUT2D eigenvalue weighted by molar-refractivity contribution is 6.31. The third kappa shape index (κ3) is 4.69. The second-order valence-electron chi connectivity index (χ2n) is 4.66. The average Bonchev–Trinajstić information content (AvgIpc) is 2.33. The van der Waals surface area contributed by atoms with Gasteiger partial charge in [-0.15, -0.1) is 0 Å². The molecule has 1 atom stereocenters. The first kappa shape index (κ1) is 14.5. The van der Waals surface area contributed by atoms with Gasteiger partial charge in [-0.3, -0.25) is 0 Å². The van der Waals surface area contributed by atoms with Crippen molar-refractivity contribution < 1.29 is 0 Å². The van der Waals surface area contributed by atoms with E-state index in [1.54, 1.807) is 0 Å². The fraction of sp³-hybridized carbons (Fsp3) is 0.600. The smallest absolute Gasteiger partial charge is 0.0435 e. The lowest BCUT2D eigenvalue weighted by atomic mass is 9.99. The van der Waals surface area contributed by atoms with Crippen molar-refractivity contribution in [1.29, 1.82) is 0 Å². The summed E-state index contributed by atoms with van der Waals surface area (Å²) in [6, 6.07) is 6.86. The largest absolute Gasteiger partial charge is 0.310 e. The summed E-state index contributed by atoms with van der Waals surface area (Å²) in [4.78, 5) is 0. The van der Waals surface area contributed by atoms with Crippen LogP contribution in [0.1, 0.15) is 56.7 Å². The van der Waals surface area contributed by atoms with Gasteiger partial charge in [0.2, 0.25) is 0 Å². The molecule has 0 spiro atoms. The van der Waals surface area contributed by atoms with Crippen LogP contribution < -0.4 is 5.32 Å². The second kappa shape index (κ2) is 7.73. The highest BCUT2D eigenvalue weighted by atomic mass is 35.5. The number of hydrogen-bond acceptors (Lipinski definition) is 1. The summed E-state index contributed by atoms with van der Waals surface area (Å²) >= 11 is 6.07. The summed E-state index contributed by atoms with van der Waals surface area (Å²) in [6.45, 7) is 7.60. The van der Waals surface area contributed by atoms with Crippen molar-refractivity contribution in [3.63, 3.8) is 0 Å². The Morgan fingerprint density at radius 3 is 2.59 bits per heavy atom. The summed E-state index contributed by atoms with van der Waals surface area (Å²) in [5.41, 5.74) is 2.54. The van der Waals surface area contributed by atoms with Crippen LogP contribution in [-0.2, 0) is 0 Å². The van der Waals surface area contributed by atoms with Gasteiger partial charge in [0.25, 0.3) is 0 Å². The molecule has 0 heterocycles. The Morgan fingerprint density at radius 2 is 2.00 bits per heavy atom. The van der Waals surface area contributed by atoms with Crippen molar-refractivity contribution in [2.45, 2.75) is 52.5 Å². The maximum absolute atomic E-state index is 6.07. The third-order valence-corrected chi connectivity index (χ3v) is 3.50. The fourth-order valence-corrected chi connectivity index (χ4v) is 2.12. The molecule has 0 aliphatic carbocycles. The van der Waals surface area contributed by atoms with E-state index in [0.29, 0.717) is 6.04 Å². The van der Waals surface area contributed by atoms with Gasteiger partial charge in [0.1, 0.15) is 0 Å². The Morgan fingerprint density at radius 1 is 1.24 bits per heavy atom. The van der Waals surface area contributed by atoms with E-state index in [2.05, 4.69) is 38.2 Å². The van der Waals surface area contributed by atoms with Gasteiger partial charge in [-0.05, 0) is 43.5 Å². The minimum atomic E-state index is 0.478. The Bertz CT molecular complexity index is 328. The van der Waals surface area contributed by atoms with E-state index < -0.39 is 0 Å². The molecule has 0 radical (unpaired) electrons. The maximum Gasteiger partial charge on any atom is 0.0435 e. The second-order valence-corrected chi connectivity index (χ2v) is 5.06. The molecule has 0 fully saturated rings. The summed E-state index contributed by atoms with van der Waals surface area (Å²) in [5.74, 6) is 0. The number of nitrogens with one attached hydrogen (secondary N) is 1. The maximum atomic E-state index is 6.07. The molecule has 0 saturated carbocycles. The lowest BCUT2D eigenvalue weighted by Crippen LogP contribution is -2.22. The van der Waals surface area contributed by atoms with E-state index in [-0.39, 0.29) is 0 Å². The van der Waals surface area contributed by atoms with Crippen molar-refractivity contribution in [3.8, 4) is 0 Å². The zero-order valence-electron chi connectivity index (χ0n) is 11.2. The van der Waals surface area contributed by atoms with Crippen LogP contribution in [0, 0.1) is 6.92 Å². The Labute approximate surface area is 111 Å². The highest BCUT2D eigenvalue weighted by Gasteiger charge is 2.10. The van der Waals surface area contributed by atoms with Crippen LogP contribution in [-0.4, -0.2) is 6.54 Å². The standard InChI is InChI=1S/C15H24ClN/c1-4-6-7-15(17-10-5-2)13-8-9-14(16)12(3)11-13/h8-9,11,15,17H,4-7,10H2,1-3H3. The minimum absolute atomic E-state index is 0.478. The Kier molecular flexibility index (Phi) is 6.61. The molecule has 0 aromatic heterocycles. The molecule has 96 valence electrons. The summed E-state index contributed by atoms with van der Waals surface area (Å²) in [7, 11) is 0. The van der Waals surface area contributed by atoms with Crippen molar-refractivity contribution in [2.75, 3.05) is 6.54 Å². The number of halogens is 1. The van der Waals surface area contributed by atoms with Crippen molar-refractivity contribution in [1.82, 2.24) is 5.32 Å². The van der Waals surface area contributed by atoms with E-state index in [1.165, 1.54) is 36.8 Å². The lowest BCUT2D eigenvalue weighted by molar-refractivity contribution is 0.481. The SMILES string of the molecule is CCCCC(NCCC)c1ccc(Cl)c(C)c1. The first-order valence-electron chi connectivity index (χ1n) is 6.68. The molecule has 0 aliphatic heterocycles. The number of rotatable bonds is 7. The molecule has 0 amide bonds. The monoisotopic (exact) mass is 253 g/mol. The number of benzene rings is 1. The number of unbranched alkanes of at least 4 members (excludes halogenated alkanes) is 1. The molecule has 1 rings (SSSR count). The van der Waals surface area contributed by atoms with Gasteiger partial charge >= 0.3 is 0 Å². The van der Waals surface area contributed by atoms with Crippen molar-refractivity contribution in [2.24, 2.45) is 0 Å². The summed E-state index contributed by atoms with van der Waals surface area (Å²) in [5, 5.41) is 4.48. The molecule has 0 aliphatic rings. The molecular formula is C15H24ClN. The first-order valence-corrected chi connectivity index (χ1v) is 7.06. The molecular weight excluding hydrogens is 230 g/mol. The van der Waals surface area contributed by atoms with Crippen LogP contribution in [0.5, 0.6) is 0 Å². The number of hydrogen-bond donors (Lipinski definition) is 1. The van der Waals surface area contributed by atoms with Crippen LogP contribution in [0.4, 0.5) is 0 Å². The fourth-order valence-electron chi connectivity index (χ4n) is 2.00. The molecule has 2 heteroatoms. The van der Waals surface area contributed by atoms with Crippen LogP contribution in [0.15, 0.2) is 18.2 Å². The van der Waals surface area contributed by atoms with Gasteiger partial charge in [0, 0.05) is 11.1 Å². The van der Waals surface area contributed by atoms with Crippen LogP contribution in [0.25, 0.3) is 0 Å². The lowest BCUT2D eigenvalue weighted by Gasteiger charge is -2.19. The first-order chi connectivity index (χ1) is 8.19. The minimum Gasteiger partial charge on any atom is -0.310 e. The van der Waals surface area contributed by atoms with Gasteiger partial charge < -0.3 is 5.32 Å². The number of aryl methyl sites for hydroxylation is 1. The molecule has 1 nitrogen and oxygen atoms in total. The zero-order chi connectivity index (χ0) is 12.7. The van der Waals surface area contributed by atoms with E-state index in [1.807, 2.05) is 6.07 Å². The Hall–Kier alpha value is -0.530. The predicted octanol–water partition coefficient (Wildman–Crippen LogP) is 4.88. The normalized spacial score (nSPS) is 12.7. The van der Waals surface area contributed by atoms with Crippen molar-refractivity contribution in [3.05, 3.63) is 34.3 Å². The molecule has 1 unspecified atom stereocenters. The molecule has 1 aromatic carbocycles. The molecule has 17 heavy (non-hydrogen) atoms. The van der Waals surface area contributed by atoms with Crippen LogP contribution in [0.2, 0.25) is 5.02 Å². The van der Waals surface area contributed by atoms with Gasteiger partial charge in [-0.25, -0.2) is 0 Å². The van der Waals surface area contributed by atoms with E-state index in [4.69, 9.17) is 11.6 Å². The van der Waals surface area contributed by atoms with Crippen molar-refractivity contribution >= 4 is 11.6 Å². The predicted molar refractivity (Wildman–Crippen MR) is 76.7 cm³/mol. The summed E-state index contributed by atoms with van der Waals surface area (Å²) in [6.07, 6.45) is 4.90. The summed E-state index contributed by atoms with van der Waals surface area (Å²) < 4.78 is 0. The molecule has 1 N–H and O–H groups in total. The molecule has 1 aromatic rings.